The lowest BCUT2D eigenvalue weighted by Crippen LogP contribution is -1.84. The largest absolute Gasteiger partial charge is 0.497 e. The van der Waals surface area contributed by atoms with Crippen LogP contribution >= 0.6 is 27.5 Å². The summed E-state index contributed by atoms with van der Waals surface area (Å²) in [5.41, 5.74) is 0.885. The second kappa shape index (κ2) is 5.95. The molecule has 3 heteroatoms. The fraction of sp³-hybridized carbons (Fsp3) is 0.273. The predicted molar refractivity (Wildman–Crippen MR) is 63.3 cm³/mol. The minimum atomic E-state index is 0.646. The third kappa shape index (κ3) is 3.61. The van der Waals surface area contributed by atoms with E-state index in [1.54, 1.807) is 13.2 Å². The zero-order chi connectivity index (χ0) is 10.4. The highest BCUT2D eigenvalue weighted by atomic mass is 79.9. The van der Waals surface area contributed by atoms with E-state index in [0.717, 1.165) is 23.1 Å². The Bertz CT molecular complexity index is 365. The van der Waals surface area contributed by atoms with Crippen LogP contribution in [0.1, 0.15) is 12.0 Å². The van der Waals surface area contributed by atoms with Crippen molar-refractivity contribution in [2.24, 2.45) is 0 Å². The first-order chi connectivity index (χ1) is 6.76. The molecule has 0 spiro atoms. The Kier molecular flexibility index (Phi) is 4.86. The first-order valence-electron chi connectivity index (χ1n) is 4.15. The molecule has 0 radical (unpaired) electrons. The van der Waals surface area contributed by atoms with Crippen molar-refractivity contribution in [3.63, 3.8) is 0 Å². The van der Waals surface area contributed by atoms with Gasteiger partial charge in [0.2, 0.25) is 0 Å². The van der Waals surface area contributed by atoms with E-state index >= 15 is 0 Å². The molecular formula is C11H10BrClO. The molecule has 1 aromatic rings. The third-order valence-electron chi connectivity index (χ3n) is 1.56. The highest BCUT2D eigenvalue weighted by Crippen LogP contribution is 2.19. The topological polar surface area (TPSA) is 9.23 Å². The SMILES string of the molecule is COc1cc(Cl)cc(C#CCCBr)c1. The van der Waals surface area contributed by atoms with E-state index in [1.807, 2.05) is 12.1 Å². The van der Waals surface area contributed by atoms with Crippen LogP contribution in [0.25, 0.3) is 0 Å². The number of ether oxygens (including phenoxy) is 1. The van der Waals surface area contributed by atoms with Crippen LogP contribution in [0.3, 0.4) is 0 Å². The van der Waals surface area contributed by atoms with Crippen LogP contribution in [0.5, 0.6) is 5.75 Å². The average molecular weight is 274 g/mol. The molecule has 0 aliphatic carbocycles. The van der Waals surface area contributed by atoms with Crippen molar-refractivity contribution in [1.29, 1.82) is 0 Å². The molecule has 1 rings (SSSR count). The minimum Gasteiger partial charge on any atom is -0.497 e. The number of alkyl halides is 1. The van der Waals surface area contributed by atoms with Crippen molar-refractivity contribution in [2.45, 2.75) is 6.42 Å². The van der Waals surface area contributed by atoms with E-state index in [9.17, 15) is 0 Å². The molecular weight excluding hydrogens is 263 g/mol. The van der Waals surface area contributed by atoms with Gasteiger partial charge in [0.15, 0.2) is 0 Å². The Morgan fingerprint density at radius 1 is 1.43 bits per heavy atom. The molecule has 0 heterocycles. The van der Waals surface area contributed by atoms with Gasteiger partial charge in [-0.3, -0.25) is 0 Å². The lowest BCUT2D eigenvalue weighted by Gasteiger charge is -2.00. The summed E-state index contributed by atoms with van der Waals surface area (Å²) in [7, 11) is 1.61. The molecule has 0 fully saturated rings. The summed E-state index contributed by atoms with van der Waals surface area (Å²) in [5.74, 6) is 6.77. The van der Waals surface area contributed by atoms with Gasteiger partial charge >= 0.3 is 0 Å². The molecule has 74 valence electrons. The molecule has 0 amide bonds. The van der Waals surface area contributed by atoms with Crippen LogP contribution in [0, 0.1) is 11.8 Å². The Morgan fingerprint density at radius 2 is 2.21 bits per heavy atom. The van der Waals surface area contributed by atoms with Crippen LogP contribution in [0.2, 0.25) is 5.02 Å². The fourth-order valence-corrected chi connectivity index (χ4v) is 1.39. The summed E-state index contributed by atoms with van der Waals surface area (Å²) >= 11 is 9.20. The molecule has 0 atom stereocenters. The number of hydrogen-bond acceptors (Lipinski definition) is 1. The summed E-state index contributed by atoms with van der Waals surface area (Å²) < 4.78 is 5.08. The predicted octanol–water partition coefficient (Wildman–Crippen LogP) is 3.49. The van der Waals surface area contributed by atoms with Crippen LogP contribution in [-0.4, -0.2) is 12.4 Å². The van der Waals surface area contributed by atoms with E-state index < -0.39 is 0 Å². The van der Waals surface area contributed by atoms with Gasteiger partial charge in [-0.1, -0.05) is 39.4 Å². The number of hydrogen-bond donors (Lipinski definition) is 0. The first-order valence-corrected chi connectivity index (χ1v) is 5.65. The Hall–Kier alpha value is -0.650. The van der Waals surface area contributed by atoms with Crippen LogP contribution in [0.4, 0.5) is 0 Å². The summed E-state index contributed by atoms with van der Waals surface area (Å²) in [5, 5.41) is 1.53. The number of rotatable bonds is 2. The van der Waals surface area contributed by atoms with Gasteiger partial charge in [-0.25, -0.2) is 0 Å². The molecule has 0 N–H and O–H groups in total. The van der Waals surface area contributed by atoms with Gasteiger partial charge in [-0.2, -0.15) is 0 Å². The van der Waals surface area contributed by atoms with E-state index in [-0.39, 0.29) is 0 Å². The standard InChI is InChI=1S/C11H10BrClO/c1-14-11-7-9(4-2-3-5-12)6-10(13)8-11/h6-8H,3,5H2,1H3. The quantitative estimate of drug-likeness (QED) is 0.592. The highest BCUT2D eigenvalue weighted by molar-refractivity contribution is 9.09. The maximum atomic E-state index is 5.88. The Labute approximate surface area is 97.5 Å². The summed E-state index contributed by atoms with van der Waals surface area (Å²) in [6.07, 6.45) is 0.828. The molecule has 0 aliphatic heterocycles. The van der Waals surface area contributed by atoms with E-state index in [0.29, 0.717) is 5.02 Å². The van der Waals surface area contributed by atoms with Gasteiger partial charge in [0.05, 0.1) is 7.11 Å². The van der Waals surface area contributed by atoms with Gasteiger partial charge in [-0.05, 0) is 18.2 Å². The van der Waals surface area contributed by atoms with Gasteiger partial charge in [0.25, 0.3) is 0 Å². The molecule has 1 nitrogen and oxygen atoms in total. The average Bonchev–Trinajstić information content (AvgIpc) is 2.17. The second-order valence-electron chi connectivity index (χ2n) is 2.62. The normalized spacial score (nSPS) is 9.07. The smallest absolute Gasteiger partial charge is 0.121 e. The Balaban J connectivity index is 2.88. The van der Waals surface area contributed by atoms with Gasteiger partial charge < -0.3 is 4.74 Å². The Morgan fingerprint density at radius 3 is 2.86 bits per heavy atom. The lowest BCUT2D eigenvalue weighted by molar-refractivity contribution is 0.414. The van der Waals surface area contributed by atoms with Crippen molar-refractivity contribution in [3.05, 3.63) is 28.8 Å². The second-order valence-corrected chi connectivity index (χ2v) is 3.85. The maximum absolute atomic E-state index is 5.88. The fourth-order valence-electron chi connectivity index (χ4n) is 0.965. The highest BCUT2D eigenvalue weighted by Gasteiger charge is 1.96. The van der Waals surface area contributed by atoms with Crippen molar-refractivity contribution in [3.8, 4) is 17.6 Å². The molecule has 1 aromatic carbocycles. The van der Waals surface area contributed by atoms with Crippen LogP contribution in [-0.2, 0) is 0 Å². The minimum absolute atomic E-state index is 0.646. The van der Waals surface area contributed by atoms with E-state index in [2.05, 4.69) is 27.8 Å². The zero-order valence-corrected chi connectivity index (χ0v) is 10.2. The molecule has 0 unspecified atom stereocenters. The van der Waals surface area contributed by atoms with Gasteiger partial charge in [0.1, 0.15) is 5.75 Å². The van der Waals surface area contributed by atoms with Gasteiger partial charge in [-0.15, -0.1) is 0 Å². The van der Waals surface area contributed by atoms with E-state index in [4.69, 9.17) is 16.3 Å². The van der Waals surface area contributed by atoms with Crippen molar-refractivity contribution < 1.29 is 4.74 Å². The van der Waals surface area contributed by atoms with Crippen molar-refractivity contribution in [2.75, 3.05) is 12.4 Å². The van der Waals surface area contributed by atoms with Crippen molar-refractivity contribution in [1.82, 2.24) is 0 Å². The summed E-state index contributed by atoms with van der Waals surface area (Å²) in [6.45, 7) is 0. The molecule has 0 aromatic heterocycles. The number of benzene rings is 1. The molecule has 0 aliphatic rings. The summed E-state index contributed by atoms with van der Waals surface area (Å²) in [6, 6.07) is 5.45. The molecule has 0 saturated heterocycles. The maximum Gasteiger partial charge on any atom is 0.121 e. The van der Waals surface area contributed by atoms with Gasteiger partial charge in [0, 0.05) is 22.3 Å². The molecule has 14 heavy (non-hydrogen) atoms. The molecule has 0 saturated carbocycles. The van der Waals surface area contributed by atoms with Crippen molar-refractivity contribution >= 4 is 27.5 Å². The van der Waals surface area contributed by atoms with E-state index in [1.165, 1.54) is 0 Å². The number of methoxy groups -OCH3 is 1. The third-order valence-corrected chi connectivity index (χ3v) is 2.17. The monoisotopic (exact) mass is 272 g/mol. The summed E-state index contributed by atoms with van der Waals surface area (Å²) in [4.78, 5) is 0. The zero-order valence-electron chi connectivity index (χ0n) is 7.81. The number of halogens is 2. The lowest BCUT2D eigenvalue weighted by atomic mass is 10.2. The van der Waals surface area contributed by atoms with Crippen LogP contribution < -0.4 is 4.74 Å². The van der Waals surface area contributed by atoms with Crippen LogP contribution in [0.15, 0.2) is 18.2 Å². The first kappa shape index (κ1) is 11.4. The molecule has 0 bridgehead atoms.